The first-order valence-corrected chi connectivity index (χ1v) is 4.45. The van der Waals surface area contributed by atoms with E-state index in [-0.39, 0.29) is 6.61 Å². The quantitative estimate of drug-likeness (QED) is 0.612. The van der Waals surface area contributed by atoms with Gasteiger partial charge in [-0.25, -0.2) is 0 Å². The molecule has 0 bridgehead atoms. The van der Waals surface area contributed by atoms with Gasteiger partial charge in [0, 0.05) is 14.3 Å². The van der Waals surface area contributed by atoms with Crippen LogP contribution in [0.3, 0.4) is 0 Å². The average Bonchev–Trinajstić information content (AvgIpc) is 1.97. The Hall–Kier alpha value is -0.000000000000000111. The van der Waals surface area contributed by atoms with Gasteiger partial charge in [0.2, 0.25) is 0 Å². The topological polar surface area (TPSA) is 46.2 Å². The van der Waals surface area contributed by atoms with E-state index in [1.165, 1.54) is 0 Å². The van der Waals surface area contributed by atoms with Gasteiger partial charge in [-0.1, -0.05) is 11.6 Å². The van der Waals surface area contributed by atoms with E-state index in [9.17, 15) is 0 Å². The Kier molecular flexibility index (Phi) is 2.98. The van der Waals surface area contributed by atoms with Crippen LogP contribution in [0.4, 0.5) is 5.69 Å². The molecule has 0 fully saturated rings. The first-order chi connectivity index (χ1) is 5.15. The van der Waals surface area contributed by atoms with Gasteiger partial charge in [0.25, 0.3) is 0 Å². The largest absolute Gasteiger partial charge is 0.398 e. The average molecular weight is 283 g/mol. The van der Waals surface area contributed by atoms with Crippen molar-refractivity contribution < 1.29 is 5.11 Å². The zero-order valence-electron chi connectivity index (χ0n) is 5.64. The predicted molar refractivity (Wildman–Crippen MR) is 54.5 cm³/mol. The van der Waals surface area contributed by atoms with Gasteiger partial charge >= 0.3 is 0 Å². The number of hydrogen-bond donors (Lipinski definition) is 2. The molecule has 4 heteroatoms. The van der Waals surface area contributed by atoms with Crippen molar-refractivity contribution >= 4 is 39.9 Å². The van der Waals surface area contributed by atoms with Crippen molar-refractivity contribution in [1.82, 2.24) is 0 Å². The monoisotopic (exact) mass is 283 g/mol. The molecule has 11 heavy (non-hydrogen) atoms. The van der Waals surface area contributed by atoms with Gasteiger partial charge in [-0.15, -0.1) is 0 Å². The standard InChI is InChI=1S/C7H7ClINO/c8-5-2-7(10)6(9)1-4(5)3-11/h1-2,11H,3,10H2. The van der Waals surface area contributed by atoms with Crippen LogP contribution in [0.1, 0.15) is 5.56 Å². The van der Waals surface area contributed by atoms with Crippen LogP contribution < -0.4 is 5.73 Å². The molecule has 0 aliphatic rings. The molecule has 1 rings (SSSR count). The molecule has 0 spiro atoms. The van der Waals surface area contributed by atoms with Crippen LogP contribution in [0.5, 0.6) is 0 Å². The second kappa shape index (κ2) is 3.60. The molecule has 0 aromatic heterocycles. The molecule has 0 aliphatic heterocycles. The smallest absolute Gasteiger partial charge is 0.0696 e. The fourth-order valence-electron chi connectivity index (χ4n) is 0.725. The summed E-state index contributed by atoms with van der Waals surface area (Å²) in [6, 6.07) is 3.42. The Morgan fingerprint density at radius 3 is 2.73 bits per heavy atom. The third-order valence-electron chi connectivity index (χ3n) is 1.34. The van der Waals surface area contributed by atoms with Crippen molar-refractivity contribution in [2.45, 2.75) is 6.61 Å². The van der Waals surface area contributed by atoms with Crippen molar-refractivity contribution in [3.8, 4) is 0 Å². The number of anilines is 1. The number of rotatable bonds is 1. The summed E-state index contributed by atoms with van der Waals surface area (Å²) in [5.74, 6) is 0. The minimum absolute atomic E-state index is 0.0465. The van der Waals surface area contributed by atoms with E-state index in [1.54, 1.807) is 12.1 Å². The lowest BCUT2D eigenvalue weighted by molar-refractivity contribution is 0.282. The Bertz CT molecular complexity index is 277. The molecule has 2 nitrogen and oxygen atoms in total. The van der Waals surface area contributed by atoms with Crippen molar-refractivity contribution in [3.05, 3.63) is 26.3 Å². The summed E-state index contributed by atoms with van der Waals surface area (Å²) in [6.45, 7) is -0.0465. The summed E-state index contributed by atoms with van der Waals surface area (Å²) in [5.41, 5.74) is 6.93. The summed E-state index contributed by atoms with van der Waals surface area (Å²) in [7, 11) is 0. The van der Waals surface area contributed by atoms with Gasteiger partial charge in [-0.2, -0.15) is 0 Å². The number of aliphatic hydroxyl groups excluding tert-OH is 1. The highest BCUT2D eigenvalue weighted by atomic mass is 127. The first kappa shape index (κ1) is 9.09. The third kappa shape index (κ3) is 1.98. The van der Waals surface area contributed by atoms with E-state index in [4.69, 9.17) is 22.4 Å². The minimum Gasteiger partial charge on any atom is -0.398 e. The van der Waals surface area contributed by atoms with E-state index in [0.717, 1.165) is 3.57 Å². The number of nitrogens with two attached hydrogens (primary N) is 1. The number of halogens is 2. The highest BCUT2D eigenvalue weighted by molar-refractivity contribution is 14.1. The van der Waals surface area contributed by atoms with Crippen LogP contribution in [-0.4, -0.2) is 5.11 Å². The summed E-state index contributed by atoms with van der Waals surface area (Å²) in [4.78, 5) is 0. The normalized spacial score (nSPS) is 10.1. The molecule has 0 heterocycles. The SMILES string of the molecule is Nc1cc(Cl)c(CO)cc1I. The molecule has 0 amide bonds. The van der Waals surface area contributed by atoms with Crippen LogP contribution in [0, 0.1) is 3.57 Å². The van der Waals surface area contributed by atoms with Gasteiger partial charge in [0.15, 0.2) is 0 Å². The Balaban J connectivity index is 3.21. The van der Waals surface area contributed by atoms with Crippen molar-refractivity contribution in [2.75, 3.05) is 5.73 Å². The highest BCUT2D eigenvalue weighted by Gasteiger charge is 2.02. The Labute approximate surface area is 83.5 Å². The molecule has 0 radical (unpaired) electrons. The molecule has 60 valence electrons. The summed E-state index contributed by atoms with van der Waals surface area (Å²) < 4.78 is 0.913. The molecule has 1 aromatic rings. The van der Waals surface area contributed by atoms with Crippen molar-refractivity contribution in [2.24, 2.45) is 0 Å². The molecule has 0 saturated carbocycles. The molecule has 0 saturated heterocycles. The lowest BCUT2D eigenvalue weighted by Crippen LogP contribution is -1.93. The molecular weight excluding hydrogens is 276 g/mol. The van der Waals surface area contributed by atoms with E-state index < -0.39 is 0 Å². The predicted octanol–water partition coefficient (Wildman–Crippen LogP) is 2.02. The molecule has 3 N–H and O–H groups in total. The van der Waals surface area contributed by atoms with Crippen LogP contribution in [0.15, 0.2) is 12.1 Å². The fraction of sp³-hybridized carbons (Fsp3) is 0.143. The van der Waals surface area contributed by atoms with Crippen LogP contribution in [0.2, 0.25) is 5.02 Å². The highest BCUT2D eigenvalue weighted by Crippen LogP contribution is 2.24. The summed E-state index contributed by atoms with van der Waals surface area (Å²) in [6.07, 6.45) is 0. The fourth-order valence-corrected chi connectivity index (χ4v) is 1.49. The van der Waals surface area contributed by atoms with Gasteiger partial charge in [-0.05, 0) is 40.3 Å². The molecule has 0 atom stereocenters. The minimum atomic E-state index is -0.0465. The number of hydrogen-bond acceptors (Lipinski definition) is 2. The first-order valence-electron chi connectivity index (χ1n) is 2.99. The number of aliphatic hydroxyl groups is 1. The van der Waals surface area contributed by atoms with E-state index in [2.05, 4.69) is 22.6 Å². The van der Waals surface area contributed by atoms with Crippen LogP contribution in [0.25, 0.3) is 0 Å². The second-order valence-corrected chi connectivity index (χ2v) is 3.69. The molecule has 1 aromatic carbocycles. The van der Waals surface area contributed by atoms with Gasteiger partial charge < -0.3 is 10.8 Å². The molecule has 0 aliphatic carbocycles. The van der Waals surface area contributed by atoms with Gasteiger partial charge in [-0.3, -0.25) is 0 Å². The molecular formula is C7H7ClINO. The van der Waals surface area contributed by atoms with Crippen LogP contribution >= 0.6 is 34.2 Å². The van der Waals surface area contributed by atoms with Crippen molar-refractivity contribution in [1.29, 1.82) is 0 Å². The second-order valence-electron chi connectivity index (χ2n) is 2.12. The lowest BCUT2D eigenvalue weighted by atomic mass is 10.2. The Morgan fingerprint density at radius 1 is 1.55 bits per heavy atom. The van der Waals surface area contributed by atoms with Gasteiger partial charge in [0.05, 0.1) is 6.61 Å². The maximum absolute atomic E-state index is 8.81. The summed E-state index contributed by atoms with van der Waals surface area (Å²) >= 11 is 7.85. The maximum Gasteiger partial charge on any atom is 0.0696 e. The number of nitrogen functional groups attached to an aromatic ring is 1. The van der Waals surface area contributed by atoms with Crippen molar-refractivity contribution in [3.63, 3.8) is 0 Å². The zero-order valence-corrected chi connectivity index (χ0v) is 8.56. The third-order valence-corrected chi connectivity index (χ3v) is 2.62. The summed E-state index contributed by atoms with van der Waals surface area (Å²) in [5, 5.41) is 9.32. The van der Waals surface area contributed by atoms with E-state index >= 15 is 0 Å². The number of benzene rings is 1. The van der Waals surface area contributed by atoms with Gasteiger partial charge in [0.1, 0.15) is 0 Å². The zero-order chi connectivity index (χ0) is 8.43. The van der Waals surface area contributed by atoms with Crippen LogP contribution in [-0.2, 0) is 6.61 Å². The Morgan fingerprint density at radius 2 is 2.18 bits per heavy atom. The van der Waals surface area contributed by atoms with E-state index in [1.807, 2.05) is 0 Å². The van der Waals surface area contributed by atoms with E-state index in [0.29, 0.717) is 16.3 Å². The molecule has 0 unspecified atom stereocenters. The lowest BCUT2D eigenvalue weighted by Gasteiger charge is -2.03. The maximum atomic E-state index is 8.81.